The van der Waals surface area contributed by atoms with Crippen molar-refractivity contribution >= 4 is 29.9 Å². The molecular weight excluding hydrogens is 491 g/mol. The van der Waals surface area contributed by atoms with E-state index in [9.17, 15) is 0 Å². The second-order valence-corrected chi connectivity index (χ2v) is 7.67. The number of benzene rings is 1. The minimum absolute atomic E-state index is 0. The van der Waals surface area contributed by atoms with Crippen LogP contribution >= 0.6 is 24.0 Å². The average molecular weight is 528 g/mol. The van der Waals surface area contributed by atoms with Gasteiger partial charge in [-0.05, 0) is 50.7 Å². The predicted molar refractivity (Wildman–Crippen MR) is 134 cm³/mol. The Hall–Kier alpha value is -1.84. The van der Waals surface area contributed by atoms with E-state index in [1.807, 2.05) is 4.57 Å². The van der Waals surface area contributed by atoms with E-state index < -0.39 is 0 Å². The quantitative estimate of drug-likeness (QED) is 0.187. The number of guanidine groups is 1. The summed E-state index contributed by atoms with van der Waals surface area (Å²) in [4.78, 5) is 4.75. The Morgan fingerprint density at radius 1 is 1.17 bits per heavy atom. The summed E-state index contributed by atoms with van der Waals surface area (Å²) in [6, 6.07) is 6.34. The van der Waals surface area contributed by atoms with E-state index in [-0.39, 0.29) is 24.0 Å². The third kappa shape index (κ3) is 10.3. The molecule has 0 saturated heterocycles. The van der Waals surface area contributed by atoms with Crippen LogP contribution in [-0.4, -0.2) is 40.4 Å². The van der Waals surface area contributed by atoms with Crippen LogP contribution < -0.4 is 15.4 Å². The third-order valence-electron chi connectivity index (χ3n) is 4.53. The van der Waals surface area contributed by atoms with E-state index in [2.05, 4.69) is 66.7 Å². The Balaban J connectivity index is 0.00000450. The van der Waals surface area contributed by atoms with Gasteiger partial charge in [0.15, 0.2) is 5.96 Å². The number of rotatable bonds is 12. The van der Waals surface area contributed by atoms with Gasteiger partial charge in [0.25, 0.3) is 0 Å². The summed E-state index contributed by atoms with van der Waals surface area (Å²) in [5.41, 5.74) is 2.32. The number of aromatic nitrogens is 3. The lowest BCUT2D eigenvalue weighted by Crippen LogP contribution is -2.37. The zero-order chi connectivity index (χ0) is 20.9. The molecule has 0 saturated carbocycles. The lowest BCUT2D eigenvalue weighted by atomic mass is 10.1. The van der Waals surface area contributed by atoms with Gasteiger partial charge in [0.1, 0.15) is 18.4 Å². The molecule has 2 N–H and O–H groups in total. The fourth-order valence-corrected chi connectivity index (χ4v) is 2.80. The zero-order valence-electron chi connectivity index (χ0n) is 18.7. The highest BCUT2D eigenvalue weighted by Crippen LogP contribution is 2.22. The lowest BCUT2D eigenvalue weighted by molar-refractivity contribution is 0.287. The first-order valence-corrected chi connectivity index (χ1v) is 10.7. The van der Waals surface area contributed by atoms with Crippen LogP contribution in [0.4, 0.5) is 0 Å². The molecule has 0 amide bonds. The van der Waals surface area contributed by atoms with Crippen LogP contribution in [0, 0.1) is 12.8 Å². The van der Waals surface area contributed by atoms with Crippen LogP contribution in [0.5, 0.6) is 5.75 Å². The molecule has 0 unspecified atom stereocenters. The topological polar surface area (TPSA) is 76.4 Å². The van der Waals surface area contributed by atoms with Crippen LogP contribution in [0.2, 0.25) is 0 Å². The summed E-state index contributed by atoms with van der Waals surface area (Å²) in [6.07, 6.45) is 6.67. The van der Waals surface area contributed by atoms with Crippen molar-refractivity contribution in [3.8, 4) is 5.75 Å². The number of nitrogens with zero attached hydrogens (tertiary/aromatic N) is 4. The molecule has 168 valence electrons. The van der Waals surface area contributed by atoms with E-state index in [1.54, 1.807) is 12.7 Å². The van der Waals surface area contributed by atoms with E-state index in [1.165, 1.54) is 5.56 Å². The number of hydrogen-bond acceptors (Lipinski definition) is 4. The molecule has 0 aliphatic carbocycles. The highest BCUT2D eigenvalue weighted by molar-refractivity contribution is 14.0. The van der Waals surface area contributed by atoms with Crippen LogP contribution in [-0.2, 0) is 13.1 Å². The number of aliphatic imine (C=N–C) groups is 1. The fourth-order valence-electron chi connectivity index (χ4n) is 2.80. The molecule has 1 aromatic heterocycles. The molecule has 2 rings (SSSR count). The summed E-state index contributed by atoms with van der Waals surface area (Å²) in [6.45, 7) is 12.6. The Kier molecular flexibility index (Phi) is 13.1. The van der Waals surface area contributed by atoms with Crippen molar-refractivity contribution in [1.82, 2.24) is 25.4 Å². The molecule has 0 bridgehead atoms. The number of aryl methyl sites for hydroxylation is 2. The van der Waals surface area contributed by atoms with Gasteiger partial charge in [0, 0.05) is 25.2 Å². The molecular formula is C22H37IN6O. The monoisotopic (exact) mass is 528 g/mol. The molecule has 0 fully saturated rings. The van der Waals surface area contributed by atoms with E-state index >= 15 is 0 Å². The Morgan fingerprint density at radius 2 is 1.93 bits per heavy atom. The molecule has 1 heterocycles. The van der Waals surface area contributed by atoms with Gasteiger partial charge in [-0.3, -0.25) is 0 Å². The van der Waals surface area contributed by atoms with Crippen molar-refractivity contribution in [3.05, 3.63) is 42.0 Å². The highest BCUT2D eigenvalue weighted by Gasteiger charge is 2.06. The average Bonchev–Trinajstić information content (AvgIpc) is 3.20. The van der Waals surface area contributed by atoms with Gasteiger partial charge >= 0.3 is 0 Å². The molecule has 0 aliphatic heterocycles. The second-order valence-electron chi connectivity index (χ2n) is 7.67. The number of ether oxygens (including phenoxy) is 1. The molecule has 0 atom stereocenters. The first-order chi connectivity index (χ1) is 14.1. The largest absolute Gasteiger partial charge is 0.493 e. The first kappa shape index (κ1) is 26.2. The zero-order valence-corrected chi connectivity index (χ0v) is 21.1. The summed E-state index contributed by atoms with van der Waals surface area (Å²) in [5, 5.41) is 14.4. The normalized spacial score (nSPS) is 11.3. The van der Waals surface area contributed by atoms with Crippen molar-refractivity contribution in [2.45, 2.75) is 60.0 Å². The number of nitrogens with one attached hydrogen (secondary N) is 2. The lowest BCUT2D eigenvalue weighted by Gasteiger charge is -2.14. The van der Waals surface area contributed by atoms with E-state index in [0.717, 1.165) is 62.8 Å². The minimum Gasteiger partial charge on any atom is -0.493 e. The van der Waals surface area contributed by atoms with Gasteiger partial charge in [-0.25, -0.2) is 4.99 Å². The van der Waals surface area contributed by atoms with Gasteiger partial charge in [-0.2, -0.15) is 0 Å². The summed E-state index contributed by atoms with van der Waals surface area (Å²) in [5.74, 6) is 2.42. The molecule has 2 aromatic rings. The van der Waals surface area contributed by atoms with Gasteiger partial charge in [0.2, 0.25) is 0 Å². The molecule has 0 aliphatic rings. The standard InChI is InChI=1S/C22H36N6O.HI/c1-5-23-22(24-11-6-7-12-28-16-26-27-17-28)25-15-20-9-8-19(4)14-21(20)29-13-10-18(2)3;/h8-9,14,16-18H,5-7,10-13,15H2,1-4H3,(H2,23,24,25);1H. The maximum absolute atomic E-state index is 6.05. The summed E-state index contributed by atoms with van der Waals surface area (Å²) in [7, 11) is 0. The first-order valence-electron chi connectivity index (χ1n) is 10.7. The van der Waals surface area contributed by atoms with E-state index in [0.29, 0.717) is 12.5 Å². The van der Waals surface area contributed by atoms with Crippen LogP contribution in [0.25, 0.3) is 0 Å². The summed E-state index contributed by atoms with van der Waals surface area (Å²) >= 11 is 0. The van der Waals surface area contributed by atoms with Gasteiger partial charge < -0.3 is 19.9 Å². The second kappa shape index (κ2) is 15.0. The Labute approximate surface area is 198 Å². The summed E-state index contributed by atoms with van der Waals surface area (Å²) < 4.78 is 8.04. The molecule has 0 radical (unpaired) electrons. The predicted octanol–water partition coefficient (Wildman–Crippen LogP) is 4.16. The van der Waals surface area contributed by atoms with Crippen LogP contribution in [0.15, 0.2) is 35.8 Å². The maximum atomic E-state index is 6.05. The van der Waals surface area contributed by atoms with Crippen molar-refractivity contribution in [2.24, 2.45) is 10.9 Å². The molecule has 1 aromatic carbocycles. The third-order valence-corrected chi connectivity index (χ3v) is 4.53. The van der Waals surface area contributed by atoms with E-state index in [4.69, 9.17) is 9.73 Å². The van der Waals surface area contributed by atoms with Crippen molar-refractivity contribution in [3.63, 3.8) is 0 Å². The van der Waals surface area contributed by atoms with Crippen molar-refractivity contribution in [2.75, 3.05) is 19.7 Å². The smallest absolute Gasteiger partial charge is 0.191 e. The molecule has 30 heavy (non-hydrogen) atoms. The SMILES string of the molecule is CCNC(=NCc1ccc(C)cc1OCCC(C)C)NCCCCn1cnnc1.I. The van der Waals surface area contributed by atoms with Gasteiger partial charge in [-0.15, -0.1) is 34.2 Å². The highest BCUT2D eigenvalue weighted by atomic mass is 127. The molecule has 8 heteroatoms. The Bertz CT molecular complexity index is 733. The Morgan fingerprint density at radius 3 is 2.63 bits per heavy atom. The number of halogens is 1. The maximum Gasteiger partial charge on any atom is 0.191 e. The van der Waals surface area contributed by atoms with Gasteiger partial charge in [0.05, 0.1) is 13.2 Å². The number of unbranched alkanes of at least 4 members (excludes halogenated alkanes) is 1. The van der Waals surface area contributed by atoms with Crippen LogP contribution in [0.3, 0.4) is 0 Å². The fraction of sp³-hybridized carbons (Fsp3) is 0.591. The van der Waals surface area contributed by atoms with Crippen molar-refractivity contribution < 1.29 is 4.74 Å². The molecule has 7 nitrogen and oxygen atoms in total. The number of hydrogen-bond donors (Lipinski definition) is 2. The minimum atomic E-state index is 0. The van der Waals surface area contributed by atoms with Crippen molar-refractivity contribution in [1.29, 1.82) is 0 Å². The van der Waals surface area contributed by atoms with Crippen LogP contribution in [0.1, 0.15) is 51.2 Å². The van der Waals surface area contributed by atoms with Gasteiger partial charge in [-0.1, -0.05) is 26.0 Å². The molecule has 0 spiro atoms.